The lowest BCUT2D eigenvalue weighted by molar-refractivity contribution is -0.160. The van der Waals surface area contributed by atoms with Crippen molar-refractivity contribution in [3.8, 4) is 0 Å². The summed E-state index contributed by atoms with van der Waals surface area (Å²) in [5.74, 6) is -12.3. The quantitative estimate of drug-likeness (QED) is 0.132. The maximum absolute atomic E-state index is 15.1. The third-order valence-corrected chi connectivity index (χ3v) is 18.2. The molecule has 2 aliphatic rings. The monoisotopic (exact) mass is 1300 g/mol. The lowest BCUT2D eigenvalue weighted by Crippen LogP contribution is -2.61. The van der Waals surface area contributed by atoms with Gasteiger partial charge in [0.2, 0.25) is 65.0 Å². The predicted molar refractivity (Wildman–Crippen MR) is 354 cm³/mol. The van der Waals surface area contributed by atoms with Crippen molar-refractivity contribution in [2.45, 2.75) is 236 Å². The molecule has 0 aromatic carbocycles. The first-order valence-electron chi connectivity index (χ1n) is 33.7. The summed E-state index contributed by atoms with van der Waals surface area (Å²) in [6, 6.07) is -9.42. The van der Waals surface area contributed by atoms with Crippen LogP contribution in [0, 0.1) is 53.3 Å². The summed E-state index contributed by atoms with van der Waals surface area (Å²) in [7, 11) is 8.52. The number of nitrogens with zero attached hydrogens (tertiary/aromatic N) is 7. The van der Waals surface area contributed by atoms with E-state index in [-0.39, 0.29) is 74.5 Å². The Bertz CT molecular complexity index is 2550. The van der Waals surface area contributed by atoms with E-state index in [9.17, 15) is 53.1 Å². The Morgan fingerprint density at radius 1 is 0.511 bits per heavy atom. The minimum Gasteiger partial charge on any atom is -0.373 e. The van der Waals surface area contributed by atoms with Crippen LogP contribution in [0.15, 0.2) is 12.2 Å². The summed E-state index contributed by atoms with van der Waals surface area (Å²) in [5, 5.41) is 23.3. The van der Waals surface area contributed by atoms with E-state index in [1.54, 1.807) is 60.6 Å². The molecular formula is C68H119N11O13. The lowest BCUT2D eigenvalue weighted by atomic mass is 9.85. The van der Waals surface area contributed by atoms with Gasteiger partial charge in [-0.05, 0) is 107 Å². The van der Waals surface area contributed by atoms with E-state index >= 15 is 9.59 Å². The number of piperidine rings is 1. The minimum atomic E-state index is -1.85. The van der Waals surface area contributed by atoms with E-state index in [1.807, 2.05) is 60.3 Å². The Labute approximate surface area is 550 Å². The zero-order valence-electron chi connectivity index (χ0n) is 59.9. The Morgan fingerprint density at radius 3 is 1.47 bits per heavy atom. The number of likely N-dealkylation sites (N-methyl/N-ethyl adjacent to an activating group) is 6. The molecule has 0 aliphatic carbocycles. The Kier molecular flexibility index (Phi) is 33.8. The van der Waals surface area contributed by atoms with Crippen molar-refractivity contribution in [1.82, 2.24) is 55.6 Å². The second kappa shape index (κ2) is 38.0. The van der Waals surface area contributed by atoms with Gasteiger partial charge in [0.05, 0.1) is 18.5 Å². The number of carbonyl (C=O) groups excluding carboxylic acids is 12. The molecule has 2 aliphatic heterocycles. The van der Waals surface area contributed by atoms with Crippen molar-refractivity contribution in [2.75, 3.05) is 61.9 Å². The fourth-order valence-corrected chi connectivity index (χ4v) is 12.0. The first-order valence-corrected chi connectivity index (χ1v) is 33.7. The molecule has 92 heavy (non-hydrogen) atoms. The van der Waals surface area contributed by atoms with Gasteiger partial charge in [-0.3, -0.25) is 57.5 Å². The molecule has 24 nitrogen and oxygen atoms in total. The summed E-state index contributed by atoms with van der Waals surface area (Å²) >= 11 is 0. The van der Waals surface area contributed by atoms with Crippen LogP contribution in [-0.2, 0) is 57.5 Å². The third-order valence-electron chi connectivity index (χ3n) is 18.2. The lowest BCUT2D eigenvalue weighted by Gasteiger charge is -2.40. The van der Waals surface area contributed by atoms with Crippen LogP contribution in [0.5, 0.6) is 0 Å². The number of nitrogens with one attached hydrogen (secondary N) is 4. The number of hydrogen-bond acceptors (Lipinski definition) is 13. The highest BCUT2D eigenvalue weighted by atomic mass is 16.3. The molecule has 0 bridgehead atoms. The molecule has 5 N–H and O–H groups in total. The van der Waals surface area contributed by atoms with Crippen molar-refractivity contribution in [1.29, 1.82) is 0 Å². The Hall–Kier alpha value is -6.46. The maximum atomic E-state index is 15.1. The van der Waals surface area contributed by atoms with Crippen molar-refractivity contribution in [3.63, 3.8) is 0 Å². The smallest absolute Gasteiger partial charge is 0.247 e. The molecule has 12 unspecified atom stereocenters. The molecule has 2 saturated heterocycles. The van der Waals surface area contributed by atoms with Gasteiger partial charge in [-0.15, -0.1) is 0 Å². The molecule has 0 aromatic heterocycles. The summed E-state index contributed by atoms with van der Waals surface area (Å²) in [6.07, 6.45) is 5.50. The standard InChI is InChI=1S/C68H119N11O13/c1-23-49-58(82)45(14)46(15)63(87)74(18)51(35-40(4)5)62(86)72-56(43(10)11)67(91)75(19)50(34-39(2)3)61(85)70-47(16)59(83)69-38-55(81)73(17)52(36-41(6)7)65(89)76(20)53(37-42(8)9)66(90)77(21)57(44(12)13)68(92)78(22)64(88)48(60(84)71-49)30-26-24-27-31-54(80)79-32-28-25-29-33-79/h24,26,39-53,56-57,64,88H,23,25,27-38H2,1-22H3,(H,69,83)(H,70,85)(H,71,84)(H,72,86)/b26-24+. The SMILES string of the molecule is CCC1NC(=O)C(C/C=C/CCC(=O)N2CCCCC2)C(O)N(C)C(=O)C(C(C)C)N(C)C(=O)C(CC(C)C)N(C)C(=O)C(CC(C)C)N(C)C(=O)CNC(=O)C(C)NC(=O)C(CC(C)C)N(C)C(=O)C(C(C)C)NC(=O)C(CC(C)C)N(C)C(=O)C(C)C(C)C1=O. The van der Waals surface area contributed by atoms with Crippen LogP contribution in [0.25, 0.3) is 0 Å². The van der Waals surface area contributed by atoms with Gasteiger partial charge in [0.1, 0.15) is 48.5 Å². The normalized spacial score (nSPS) is 27.8. The van der Waals surface area contributed by atoms with E-state index in [0.29, 0.717) is 19.5 Å². The number of carbonyl (C=O) groups is 12. The van der Waals surface area contributed by atoms with Crippen LogP contribution in [0.1, 0.15) is 181 Å². The van der Waals surface area contributed by atoms with Crippen molar-refractivity contribution in [2.24, 2.45) is 53.3 Å². The highest BCUT2D eigenvalue weighted by Gasteiger charge is 2.45. The van der Waals surface area contributed by atoms with E-state index in [0.717, 1.165) is 24.2 Å². The molecule has 0 saturated carbocycles. The zero-order valence-corrected chi connectivity index (χ0v) is 59.9. The predicted octanol–water partition coefficient (Wildman–Crippen LogP) is 4.61. The molecule has 524 valence electrons. The van der Waals surface area contributed by atoms with E-state index in [2.05, 4.69) is 21.3 Å². The molecule has 2 fully saturated rings. The first-order chi connectivity index (χ1) is 42.7. The number of rotatable bonds is 16. The number of allylic oxidation sites excluding steroid dienone is 2. The Morgan fingerprint density at radius 2 is 0.978 bits per heavy atom. The largest absolute Gasteiger partial charge is 0.373 e. The van der Waals surface area contributed by atoms with E-state index in [4.69, 9.17) is 0 Å². The van der Waals surface area contributed by atoms with Gasteiger partial charge in [-0.25, -0.2) is 0 Å². The summed E-state index contributed by atoms with van der Waals surface area (Å²) < 4.78 is 0. The number of amides is 11. The van der Waals surface area contributed by atoms with Gasteiger partial charge in [0, 0.05) is 73.6 Å². The average Bonchev–Trinajstić information content (AvgIpc) is 0.848. The molecular weight excluding hydrogens is 1180 g/mol. The maximum Gasteiger partial charge on any atom is 0.247 e. The van der Waals surface area contributed by atoms with E-state index < -0.39 is 156 Å². The highest BCUT2D eigenvalue weighted by molar-refractivity contribution is 5.99. The highest BCUT2D eigenvalue weighted by Crippen LogP contribution is 2.27. The number of aliphatic hydroxyl groups excluding tert-OH is 1. The van der Waals surface area contributed by atoms with Gasteiger partial charge >= 0.3 is 0 Å². The van der Waals surface area contributed by atoms with Gasteiger partial charge in [-0.1, -0.05) is 116 Å². The molecule has 2 heterocycles. The second-order valence-corrected chi connectivity index (χ2v) is 28.4. The van der Waals surface area contributed by atoms with Gasteiger partial charge in [0.15, 0.2) is 5.78 Å². The number of hydrogen-bond donors (Lipinski definition) is 5. The number of aliphatic hydroxyl groups is 1. The fourth-order valence-electron chi connectivity index (χ4n) is 12.0. The third kappa shape index (κ3) is 23.2. The summed E-state index contributed by atoms with van der Waals surface area (Å²) in [5.41, 5.74) is 0. The van der Waals surface area contributed by atoms with Crippen molar-refractivity contribution < 1.29 is 62.6 Å². The van der Waals surface area contributed by atoms with E-state index in [1.165, 1.54) is 73.7 Å². The summed E-state index contributed by atoms with van der Waals surface area (Å²) in [4.78, 5) is 183. The first kappa shape index (κ1) is 81.6. The Balaban J connectivity index is 2.92. The minimum absolute atomic E-state index is 0.00197. The number of likely N-dealkylation sites (tertiary alicyclic amines) is 1. The van der Waals surface area contributed by atoms with Crippen LogP contribution < -0.4 is 21.3 Å². The van der Waals surface area contributed by atoms with Crippen molar-refractivity contribution in [3.05, 3.63) is 12.2 Å². The summed E-state index contributed by atoms with van der Waals surface area (Å²) in [6.45, 7) is 28.8. The van der Waals surface area contributed by atoms with Gasteiger partial charge < -0.3 is 60.7 Å². The zero-order chi connectivity index (χ0) is 70.5. The van der Waals surface area contributed by atoms with Crippen LogP contribution in [0.2, 0.25) is 0 Å². The van der Waals surface area contributed by atoms with Crippen LogP contribution in [-0.4, -0.2) is 227 Å². The molecule has 12 atom stereocenters. The number of ketones is 1. The number of Topliss-reactive ketones (excluding diaryl/α,β-unsaturated/α-hetero) is 1. The van der Waals surface area contributed by atoms with Crippen LogP contribution in [0.4, 0.5) is 0 Å². The van der Waals surface area contributed by atoms with Crippen LogP contribution in [0.3, 0.4) is 0 Å². The van der Waals surface area contributed by atoms with Gasteiger partial charge in [-0.2, -0.15) is 0 Å². The molecule has 11 amide bonds. The average molecular weight is 1300 g/mol. The molecule has 2 rings (SSSR count). The van der Waals surface area contributed by atoms with Crippen molar-refractivity contribution >= 4 is 70.8 Å². The molecule has 0 aromatic rings. The van der Waals surface area contributed by atoms with Gasteiger partial charge in [0.25, 0.3) is 0 Å². The second-order valence-electron chi connectivity index (χ2n) is 28.4. The topological polar surface area (TPSA) is 296 Å². The molecule has 24 heteroatoms. The molecule has 0 spiro atoms. The van der Waals surface area contributed by atoms with Crippen LogP contribution >= 0.6 is 0 Å². The molecule has 0 radical (unpaired) electrons. The fraction of sp³-hybridized carbons (Fsp3) is 0.794.